The minimum Gasteiger partial charge on any atom is -0.495 e. The van der Waals surface area contributed by atoms with Gasteiger partial charge in [-0.25, -0.2) is 4.39 Å². The van der Waals surface area contributed by atoms with Crippen molar-refractivity contribution in [2.75, 3.05) is 19.0 Å². The van der Waals surface area contributed by atoms with Gasteiger partial charge in [-0.2, -0.15) is 0 Å². The molecule has 0 spiro atoms. The first kappa shape index (κ1) is 24.8. The summed E-state index contributed by atoms with van der Waals surface area (Å²) in [5, 5.41) is 6.70. The number of benzene rings is 3. The molecule has 1 fully saturated rings. The van der Waals surface area contributed by atoms with E-state index in [9.17, 15) is 9.18 Å². The molecule has 6 nitrogen and oxygen atoms in total. The SMILES string of the molecule is CCOc1cc(/C=C2\SC(Nc3cc(Cl)ccc3OC)NC2=O)ccc1OCc1ccc(F)cc1. The minimum atomic E-state index is -0.384. The average molecular weight is 515 g/mol. The molecule has 4 rings (SSSR count). The number of carbonyl (C=O) groups excluding carboxylic acids is 1. The molecule has 1 aliphatic heterocycles. The molecule has 1 atom stereocenters. The quantitative estimate of drug-likeness (QED) is 0.338. The lowest BCUT2D eigenvalue weighted by molar-refractivity contribution is -0.116. The highest BCUT2D eigenvalue weighted by atomic mass is 35.5. The van der Waals surface area contributed by atoms with Gasteiger partial charge in [0.15, 0.2) is 17.0 Å². The number of hydrogen-bond donors (Lipinski definition) is 2. The number of rotatable bonds is 9. The van der Waals surface area contributed by atoms with Crippen LogP contribution in [0.25, 0.3) is 6.08 Å². The van der Waals surface area contributed by atoms with Crippen molar-refractivity contribution >= 4 is 41.0 Å². The van der Waals surface area contributed by atoms with Gasteiger partial charge in [-0.3, -0.25) is 4.79 Å². The van der Waals surface area contributed by atoms with Gasteiger partial charge in [-0.1, -0.05) is 41.6 Å². The van der Waals surface area contributed by atoms with Crippen molar-refractivity contribution in [1.82, 2.24) is 5.32 Å². The number of hydrogen-bond acceptors (Lipinski definition) is 6. The van der Waals surface area contributed by atoms with E-state index in [0.717, 1.165) is 11.1 Å². The summed E-state index contributed by atoms with van der Waals surface area (Å²) in [6, 6.07) is 16.9. The lowest BCUT2D eigenvalue weighted by Crippen LogP contribution is -2.31. The highest BCUT2D eigenvalue weighted by Crippen LogP contribution is 2.36. The molecule has 0 aliphatic carbocycles. The fourth-order valence-electron chi connectivity index (χ4n) is 3.39. The molecule has 1 heterocycles. The van der Waals surface area contributed by atoms with Crippen LogP contribution in [0.4, 0.5) is 10.1 Å². The van der Waals surface area contributed by atoms with Crippen molar-refractivity contribution in [3.63, 3.8) is 0 Å². The van der Waals surface area contributed by atoms with E-state index in [1.54, 1.807) is 49.6 Å². The topological polar surface area (TPSA) is 68.8 Å². The number of nitrogens with one attached hydrogen (secondary N) is 2. The monoisotopic (exact) mass is 514 g/mol. The smallest absolute Gasteiger partial charge is 0.260 e. The summed E-state index contributed by atoms with van der Waals surface area (Å²) in [7, 11) is 1.57. The first-order chi connectivity index (χ1) is 16.9. The second-order valence-corrected chi connectivity index (χ2v) is 9.11. The highest BCUT2D eigenvalue weighted by Gasteiger charge is 2.28. The van der Waals surface area contributed by atoms with Gasteiger partial charge >= 0.3 is 0 Å². The van der Waals surface area contributed by atoms with Gasteiger partial charge in [-0.15, -0.1) is 0 Å². The van der Waals surface area contributed by atoms with Crippen molar-refractivity contribution in [1.29, 1.82) is 0 Å². The molecule has 0 radical (unpaired) electrons. The average Bonchev–Trinajstić information content (AvgIpc) is 3.18. The molecule has 1 unspecified atom stereocenters. The van der Waals surface area contributed by atoms with Crippen LogP contribution in [0.15, 0.2) is 65.6 Å². The van der Waals surface area contributed by atoms with E-state index in [1.165, 1.54) is 23.9 Å². The van der Waals surface area contributed by atoms with Crippen molar-refractivity contribution < 1.29 is 23.4 Å². The Hall–Kier alpha value is -3.36. The van der Waals surface area contributed by atoms with Gasteiger partial charge in [0.25, 0.3) is 5.91 Å². The Morgan fingerprint density at radius 1 is 1.06 bits per heavy atom. The Balaban J connectivity index is 1.47. The lowest BCUT2D eigenvalue weighted by atomic mass is 10.2. The Morgan fingerprint density at radius 2 is 1.83 bits per heavy atom. The molecule has 1 saturated heterocycles. The minimum absolute atomic E-state index is 0.192. The van der Waals surface area contributed by atoms with Crippen LogP contribution in [-0.2, 0) is 11.4 Å². The maximum atomic E-state index is 13.1. The standard InChI is InChI=1S/C26H24ClFN2O4S/c1-3-33-23-12-17(6-10-22(23)34-15-16-4-8-19(28)9-5-16)13-24-25(31)30-26(35-24)29-20-14-18(27)7-11-21(20)32-2/h4-14,26,29H,3,15H2,1-2H3,(H,30,31)/b24-13-. The van der Waals surface area contributed by atoms with Crippen LogP contribution in [0.3, 0.4) is 0 Å². The molecular formula is C26H24ClFN2O4S. The Bertz CT molecular complexity index is 1240. The number of amides is 1. The number of methoxy groups -OCH3 is 1. The van der Waals surface area contributed by atoms with Gasteiger partial charge in [0.2, 0.25) is 0 Å². The highest BCUT2D eigenvalue weighted by molar-refractivity contribution is 8.05. The van der Waals surface area contributed by atoms with E-state index < -0.39 is 0 Å². The zero-order chi connectivity index (χ0) is 24.8. The van der Waals surface area contributed by atoms with E-state index in [0.29, 0.717) is 39.5 Å². The maximum Gasteiger partial charge on any atom is 0.260 e. The molecule has 182 valence electrons. The summed E-state index contributed by atoms with van der Waals surface area (Å²) in [6.45, 7) is 2.62. The number of carbonyl (C=O) groups is 1. The Labute approximate surface area is 212 Å². The molecule has 1 aliphatic rings. The first-order valence-electron chi connectivity index (χ1n) is 10.9. The summed E-state index contributed by atoms with van der Waals surface area (Å²) < 4.78 is 30.1. The van der Waals surface area contributed by atoms with Crippen molar-refractivity contribution in [2.45, 2.75) is 19.0 Å². The van der Waals surface area contributed by atoms with Gasteiger partial charge < -0.3 is 24.8 Å². The van der Waals surface area contributed by atoms with Crippen LogP contribution in [-0.4, -0.2) is 25.1 Å². The fraction of sp³-hybridized carbons (Fsp3) is 0.192. The van der Waals surface area contributed by atoms with Crippen molar-refractivity contribution in [2.24, 2.45) is 0 Å². The summed E-state index contributed by atoms with van der Waals surface area (Å²) in [6.07, 6.45) is 1.79. The molecule has 2 N–H and O–H groups in total. The Morgan fingerprint density at radius 3 is 2.57 bits per heavy atom. The summed E-state index contributed by atoms with van der Waals surface area (Å²) in [5.41, 5.74) is 1.93. The van der Waals surface area contributed by atoms with Gasteiger partial charge in [0, 0.05) is 5.02 Å². The largest absolute Gasteiger partial charge is 0.495 e. The third-order valence-electron chi connectivity index (χ3n) is 5.05. The van der Waals surface area contributed by atoms with Gasteiger partial charge in [0.1, 0.15) is 18.2 Å². The summed E-state index contributed by atoms with van der Waals surface area (Å²) >= 11 is 7.46. The predicted octanol–water partition coefficient (Wildman–Crippen LogP) is 6.07. The second kappa shape index (κ2) is 11.4. The molecule has 0 saturated carbocycles. The Kier molecular flexibility index (Phi) is 8.05. The van der Waals surface area contributed by atoms with E-state index in [-0.39, 0.29) is 23.8 Å². The molecule has 0 aromatic heterocycles. The third-order valence-corrected chi connectivity index (χ3v) is 6.32. The number of ether oxygens (including phenoxy) is 3. The normalized spacial score (nSPS) is 16.2. The van der Waals surface area contributed by atoms with Crippen LogP contribution in [0.2, 0.25) is 5.02 Å². The van der Waals surface area contributed by atoms with Crippen LogP contribution in [0.5, 0.6) is 17.2 Å². The fourth-order valence-corrected chi connectivity index (χ4v) is 4.54. The van der Waals surface area contributed by atoms with Crippen molar-refractivity contribution in [3.8, 4) is 17.2 Å². The van der Waals surface area contributed by atoms with E-state index in [4.69, 9.17) is 25.8 Å². The molecule has 3 aromatic rings. The molecule has 35 heavy (non-hydrogen) atoms. The zero-order valence-corrected chi connectivity index (χ0v) is 20.7. The number of halogens is 2. The number of anilines is 1. The van der Waals surface area contributed by atoms with E-state index >= 15 is 0 Å². The van der Waals surface area contributed by atoms with Crippen LogP contribution < -0.4 is 24.8 Å². The first-order valence-corrected chi connectivity index (χ1v) is 12.1. The van der Waals surface area contributed by atoms with Crippen molar-refractivity contribution in [3.05, 3.63) is 87.5 Å². The molecule has 9 heteroatoms. The van der Waals surface area contributed by atoms with E-state index in [1.807, 2.05) is 19.1 Å². The number of thioether (sulfide) groups is 1. The second-order valence-electron chi connectivity index (χ2n) is 7.52. The summed E-state index contributed by atoms with van der Waals surface area (Å²) in [4.78, 5) is 13.1. The van der Waals surface area contributed by atoms with Crippen LogP contribution in [0.1, 0.15) is 18.1 Å². The third kappa shape index (κ3) is 6.41. The van der Waals surface area contributed by atoms with Gasteiger partial charge in [0.05, 0.1) is 24.3 Å². The summed E-state index contributed by atoms with van der Waals surface area (Å²) in [5.74, 6) is 1.27. The zero-order valence-electron chi connectivity index (χ0n) is 19.1. The molecule has 0 bridgehead atoms. The molecule has 3 aromatic carbocycles. The molecule has 1 amide bonds. The predicted molar refractivity (Wildman–Crippen MR) is 137 cm³/mol. The van der Waals surface area contributed by atoms with E-state index in [2.05, 4.69) is 10.6 Å². The van der Waals surface area contributed by atoms with Gasteiger partial charge in [-0.05, 0) is 66.6 Å². The van der Waals surface area contributed by atoms with Crippen LogP contribution in [0, 0.1) is 5.82 Å². The molecular weight excluding hydrogens is 491 g/mol. The van der Waals surface area contributed by atoms with Crippen LogP contribution >= 0.6 is 23.4 Å². The lowest BCUT2D eigenvalue weighted by Gasteiger charge is -2.15. The maximum absolute atomic E-state index is 13.1.